The Hall–Kier alpha value is -2.43. The van der Waals surface area contributed by atoms with E-state index >= 15 is 0 Å². The third-order valence-corrected chi connectivity index (χ3v) is 2.73. The molecule has 5 heteroatoms. The second-order valence-electron chi connectivity index (χ2n) is 4.37. The minimum absolute atomic E-state index is 0.263. The van der Waals surface area contributed by atoms with E-state index in [1.165, 1.54) is 36.4 Å². The zero-order valence-corrected chi connectivity index (χ0v) is 10.9. The minimum Gasteiger partial charge on any atom is -0.374 e. The number of rotatable bonds is 4. The van der Waals surface area contributed by atoms with Gasteiger partial charge in [0.25, 0.3) is 0 Å². The lowest BCUT2D eigenvalue weighted by molar-refractivity contribution is -0.116. The van der Waals surface area contributed by atoms with Gasteiger partial charge in [0, 0.05) is 11.4 Å². The normalized spacial score (nSPS) is 11.8. The van der Waals surface area contributed by atoms with Crippen LogP contribution in [0.2, 0.25) is 0 Å². The Balaban J connectivity index is 1.94. The molecule has 0 aliphatic carbocycles. The molecule has 1 atom stereocenters. The van der Waals surface area contributed by atoms with E-state index in [4.69, 9.17) is 0 Å². The molecule has 0 aliphatic heterocycles. The van der Waals surface area contributed by atoms with E-state index in [-0.39, 0.29) is 17.5 Å². The second-order valence-corrected chi connectivity index (χ2v) is 4.37. The number of anilines is 2. The molecule has 0 aromatic heterocycles. The van der Waals surface area contributed by atoms with E-state index in [0.717, 1.165) is 0 Å². The number of amides is 1. The predicted octanol–water partition coefficient (Wildman–Crippen LogP) is 3.40. The van der Waals surface area contributed by atoms with Crippen LogP contribution in [0.4, 0.5) is 20.2 Å². The van der Waals surface area contributed by atoms with Crippen molar-refractivity contribution >= 4 is 17.3 Å². The van der Waals surface area contributed by atoms with Gasteiger partial charge in [0.1, 0.15) is 17.7 Å². The lowest BCUT2D eigenvalue weighted by Crippen LogP contribution is -2.31. The van der Waals surface area contributed by atoms with Crippen molar-refractivity contribution in [1.29, 1.82) is 0 Å². The summed E-state index contributed by atoms with van der Waals surface area (Å²) >= 11 is 0. The SMILES string of the molecule is CC(Nc1ccc(F)cc1)C(=O)Nc1ccc(F)cc1. The van der Waals surface area contributed by atoms with Crippen LogP contribution in [0.3, 0.4) is 0 Å². The molecule has 0 saturated heterocycles. The molecule has 104 valence electrons. The number of benzene rings is 2. The van der Waals surface area contributed by atoms with Crippen LogP contribution in [0, 0.1) is 11.6 Å². The maximum absolute atomic E-state index is 12.8. The zero-order chi connectivity index (χ0) is 14.5. The van der Waals surface area contributed by atoms with E-state index in [2.05, 4.69) is 10.6 Å². The van der Waals surface area contributed by atoms with Gasteiger partial charge in [-0.1, -0.05) is 0 Å². The van der Waals surface area contributed by atoms with Crippen molar-refractivity contribution in [2.75, 3.05) is 10.6 Å². The molecule has 0 radical (unpaired) electrons. The molecule has 1 amide bonds. The smallest absolute Gasteiger partial charge is 0.246 e. The monoisotopic (exact) mass is 276 g/mol. The molecule has 0 bridgehead atoms. The number of carbonyl (C=O) groups is 1. The third kappa shape index (κ3) is 3.78. The predicted molar refractivity (Wildman–Crippen MR) is 74.5 cm³/mol. The number of halogens is 2. The first-order valence-corrected chi connectivity index (χ1v) is 6.13. The van der Waals surface area contributed by atoms with Crippen molar-refractivity contribution in [1.82, 2.24) is 0 Å². The van der Waals surface area contributed by atoms with Gasteiger partial charge in [-0.25, -0.2) is 8.78 Å². The number of hydrogen-bond acceptors (Lipinski definition) is 2. The third-order valence-electron chi connectivity index (χ3n) is 2.73. The highest BCUT2D eigenvalue weighted by Gasteiger charge is 2.12. The molecule has 2 aromatic carbocycles. The second kappa shape index (κ2) is 6.14. The van der Waals surface area contributed by atoms with Crippen LogP contribution in [0.25, 0.3) is 0 Å². The largest absolute Gasteiger partial charge is 0.374 e. The Morgan fingerprint density at radius 1 is 0.900 bits per heavy atom. The Morgan fingerprint density at radius 3 is 1.85 bits per heavy atom. The highest BCUT2D eigenvalue weighted by molar-refractivity contribution is 5.96. The van der Waals surface area contributed by atoms with Gasteiger partial charge in [-0.15, -0.1) is 0 Å². The molecule has 0 fully saturated rings. The highest BCUT2D eigenvalue weighted by atomic mass is 19.1. The van der Waals surface area contributed by atoms with Gasteiger partial charge in [0.2, 0.25) is 5.91 Å². The van der Waals surface area contributed by atoms with Crippen LogP contribution < -0.4 is 10.6 Å². The van der Waals surface area contributed by atoms with E-state index in [0.29, 0.717) is 11.4 Å². The topological polar surface area (TPSA) is 41.1 Å². The van der Waals surface area contributed by atoms with Crippen molar-refractivity contribution in [3.8, 4) is 0 Å². The fourth-order valence-corrected chi connectivity index (χ4v) is 1.65. The van der Waals surface area contributed by atoms with Crippen LogP contribution in [-0.2, 0) is 4.79 Å². The molecule has 2 aromatic rings. The average molecular weight is 276 g/mol. The summed E-state index contributed by atoms with van der Waals surface area (Å²) in [6.07, 6.45) is 0. The molecule has 0 heterocycles. The number of hydrogen-bond donors (Lipinski definition) is 2. The maximum Gasteiger partial charge on any atom is 0.246 e. The van der Waals surface area contributed by atoms with Crippen LogP contribution in [0.1, 0.15) is 6.92 Å². The molecule has 0 saturated carbocycles. The lowest BCUT2D eigenvalue weighted by atomic mass is 10.2. The first-order valence-electron chi connectivity index (χ1n) is 6.13. The molecule has 2 rings (SSSR count). The Morgan fingerprint density at radius 2 is 1.35 bits per heavy atom. The molecule has 0 spiro atoms. The van der Waals surface area contributed by atoms with Gasteiger partial charge in [-0.3, -0.25) is 4.79 Å². The fourth-order valence-electron chi connectivity index (χ4n) is 1.65. The number of carbonyl (C=O) groups excluding carboxylic acids is 1. The maximum atomic E-state index is 12.8. The van der Waals surface area contributed by atoms with E-state index in [1.54, 1.807) is 19.1 Å². The fraction of sp³-hybridized carbons (Fsp3) is 0.133. The molecular formula is C15H14F2N2O. The van der Waals surface area contributed by atoms with Gasteiger partial charge in [0.15, 0.2) is 0 Å². The van der Waals surface area contributed by atoms with E-state index in [1.807, 2.05) is 0 Å². The number of nitrogens with one attached hydrogen (secondary N) is 2. The quantitative estimate of drug-likeness (QED) is 0.898. The van der Waals surface area contributed by atoms with E-state index in [9.17, 15) is 13.6 Å². The van der Waals surface area contributed by atoms with Crippen LogP contribution >= 0.6 is 0 Å². The summed E-state index contributed by atoms with van der Waals surface area (Å²) in [5.74, 6) is -0.958. The summed E-state index contributed by atoms with van der Waals surface area (Å²) in [6, 6.07) is 10.7. The molecule has 1 unspecified atom stereocenters. The van der Waals surface area contributed by atoms with Gasteiger partial charge in [-0.05, 0) is 55.5 Å². The Kier molecular flexibility index (Phi) is 4.30. The van der Waals surface area contributed by atoms with Crippen LogP contribution in [-0.4, -0.2) is 11.9 Å². The Labute approximate surface area is 115 Å². The minimum atomic E-state index is -0.509. The summed E-state index contributed by atoms with van der Waals surface area (Å²) in [7, 11) is 0. The van der Waals surface area contributed by atoms with E-state index < -0.39 is 6.04 Å². The van der Waals surface area contributed by atoms with Crippen LogP contribution in [0.15, 0.2) is 48.5 Å². The van der Waals surface area contributed by atoms with Crippen molar-refractivity contribution in [2.24, 2.45) is 0 Å². The van der Waals surface area contributed by atoms with Crippen molar-refractivity contribution in [2.45, 2.75) is 13.0 Å². The summed E-state index contributed by atoms with van der Waals surface area (Å²) in [5.41, 5.74) is 1.16. The summed E-state index contributed by atoms with van der Waals surface area (Å²) in [5, 5.41) is 5.61. The van der Waals surface area contributed by atoms with Gasteiger partial charge in [-0.2, -0.15) is 0 Å². The van der Waals surface area contributed by atoms with Gasteiger partial charge >= 0.3 is 0 Å². The zero-order valence-electron chi connectivity index (χ0n) is 10.9. The first-order chi connectivity index (χ1) is 9.54. The van der Waals surface area contributed by atoms with Crippen molar-refractivity contribution in [3.05, 3.63) is 60.2 Å². The van der Waals surface area contributed by atoms with Crippen LogP contribution in [0.5, 0.6) is 0 Å². The molecule has 3 nitrogen and oxygen atoms in total. The average Bonchev–Trinajstić information content (AvgIpc) is 2.44. The Bertz CT molecular complexity index is 582. The summed E-state index contributed by atoms with van der Waals surface area (Å²) in [6.45, 7) is 1.68. The molecule has 2 N–H and O–H groups in total. The van der Waals surface area contributed by atoms with Crippen molar-refractivity contribution in [3.63, 3.8) is 0 Å². The molecule has 20 heavy (non-hydrogen) atoms. The highest BCUT2D eigenvalue weighted by Crippen LogP contribution is 2.12. The van der Waals surface area contributed by atoms with Gasteiger partial charge < -0.3 is 10.6 Å². The molecular weight excluding hydrogens is 262 g/mol. The van der Waals surface area contributed by atoms with Crippen molar-refractivity contribution < 1.29 is 13.6 Å². The van der Waals surface area contributed by atoms with Gasteiger partial charge in [0.05, 0.1) is 0 Å². The molecule has 0 aliphatic rings. The standard InChI is InChI=1S/C15H14F2N2O/c1-10(18-13-6-2-11(16)3-7-13)15(20)19-14-8-4-12(17)5-9-14/h2-10,18H,1H3,(H,19,20). The summed E-state index contributed by atoms with van der Waals surface area (Å²) < 4.78 is 25.5. The first kappa shape index (κ1) is 14.0. The lowest BCUT2D eigenvalue weighted by Gasteiger charge is -2.15. The summed E-state index contributed by atoms with van der Waals surface area (Å²) in [4.78, 5) is 11.9.